The van der Waals surface area contributed by atoms with Gasteiger partial charge in [-0.1, -0.05) is 13.8 Å². The van der Waals surface area contributed by atoms with Crippen molar-refractivity contribution in [2.75, 3.05) is 31.6 Å². The van der Waals surface area contributed by atoms with E-state index in [1.807, 2.05) is 20.8 Å². The van der Waals surface area contributed by atoms with Crippen LogP contribution in [0, 0.1) is 5.41 Å². The van der Waals surface area contributed by atoms with E-state index in [-0.39, 0.29) is 11.3 Å². The summed E-state index contributed by atoms with van der Waals surface area (Å²) in [6.07, 6.45) is 1.06. The predicted molar refractivity (Wildman–Crippen MR) is 64.8 cm³/mol. The van der Waals surface area contributed by atoms with E-state index in [9.17, 15) is 13.2 Å². The third-order valence-electron chi connectivity index (χ3n) is 2.29. The second kappa shape index (κ2) is 5.63. The lowest BCUT2D eigenvalue weighted by Crippen LogP contribution is -2.43. The molecule has 0 fully saturated rings. The molecule has 6 heteroatoms. The average molecular weight is 250 g/mol. The van der Waals surface area contributed by atoms with Crippen molar-refractivity contribution in [2.24, 2.45) is 11.1 Å². The smallest absolute Gasteiger partial charge is 0.237 e. The fraction of sp³-hybridized carbons (Fsp3) is 0.900. The van der Waals surface area contributed by atoms with E-state index in [4.69, 9.17) is 5.73 Å². The van der Waals surface area contributed by atoms with E-state index in [0.717, 1.165) is 6.26 Å². The van der Waals surface area contributed by atoms with Crippen molar-refractivity contribution in [3.8, 4) is 0 Å². The number of nitrogens with zero attached hydrogens (tertiary/aromatic N) is 1. The van der Waals surface area contributed by atoms with E-state index < -0.39 is 15.6 Å². The first-order valence-corrected chi connectivity index (χ1v) is 7.33. The van der Waals surface area contributed by atoms with Gasteiger partial charge < -0.3 is 10.6 Å². The molecule has 0 rings (SSSR count). The Kier molecular flexibility index (Phi) is 5.41. The Bertz CT molecular complexity index is 336. The summed E-state index contributed by atoms with van der Waals surface area (Å²) in [6.45, 7) is 7.15. The molecule has 0 atom stereocenters. The fourth-order valence-electron chi connectivity index (χ4n) is 1.27. The molecule has 0 saturated heterocycles. The van der Waals surface area contributed by atoms with Gasteiger partial charge in [0.1, 0.15) is 5.75 Å². The molecule has 5 nitrogen and oxygen atoms in total. The third-order valence-corrected chi connectivity index (χ3v) is 3.06. The van der Waals surface area contributed by atoms with E-state index in [1.165, 1.54) is 4.90 Å². The summed E-state index contributed by atoms with van der Waals surface area (Å²) in [6, 6.07) is 0. The van der Waals surface area contributed by atoms with Gasteiger partial charge in [-0.05, 0) is 18.9 Å². The van der Waals surface area contributed by atoms with Gasteiger partial charge in [0.05, 0.1) is 0 Å². The van der Waals surface area contributed by atoms with E-state index in [2.05, 4.69) is 0 Å². The second-order valence-electron chi connectivity index (χ2n) is 4.85. The lowest BCUT2D eigenvalue weighted by Gasteiger charge is -2.31. The molecule has 0 heterocycles. The van der Waals surface area contributed by atoms with Crippen molar-refractivity contribution < 1.29 is 13.2 Å². The van der Waals surface area contributed by atoms with Crippen LogP contribution < -0.4 is 5.73 Å². The Morgan fingerprint density at radius 3 is 2.19 bits per heavy atom. The number of hydrogen-bond donors (Lipinski definition) is 1. The van der Waals surface area contributed by atoms with Gasteiger partial charge in [-0.2, -0.15) is 0 Å². The molecule has 16 heavy (non-hydrogen) atoms. The van der Waals surface area contributed by atoms with Crippen molar-refractivity contribution in [1.82, 2.24) is 4.90 Å². The highest BCUT2D eigenvalue weighted by Gasteiger charge is 2.24. The van der Waals surface area contributed by atoms with Crippen molar-refractivity contribution in [1.29, 1.82) is 0 Å². The minimum Gasteiger partial charge on any atom is -0.342 e. The van der Waals surface area contributed by atoms with Crippen LogP contribution in [0.2, 0.25) is 0 Å². The Morgan fingerprint density at radius 1 is 1.38 bits per heavy atom. The molecule has 0 saturated carbocycles. The number of nitrogens with two attached hydrogens (primary N) is 1. The summed E-state index contributed by atoms with van der Waals surface area (Å²) >= 11 is 0. The molecule has 0 spiro atoms. The van der Waals surface area contributed by atoms with Crippen LogP contribution in [0.5, 0.6) is 0 Å². The first-order valence-electron chi connectivity index (χ1n) is 5.27. The second-order valence-corrected chi connectivity index (χ2v) is 6.99. The van der Waals surface area contributed by atoms with Crippen LogP contribution >= 0.6 is 0 Å². The van der Waals surface area contributed by atoms with Crippen molar-refractivity contribution in [3.05, 3.63) is 0 Å². The number of sulfone groups is 1. The van der Waals surface area contributed by atoms with Gasteiger partial charge in [0.2, 0.25) is 5.91 Å². The minimum atomic E-state index is -3.26. The summed E-state index contributed by atoms with van der Waals surface area (Å²) in [5.41, 5.74) is 5.39. The molecule has 0 aliphatic carbocycles. The molecular weight excluding hydrogens is 228 g/mol. The fourth-order valence-corrected chi connectivity index (χ4v) is 1.90. The van der Waals surface area contributed by atoms with Gasteiger partial charge in [-0.3, -0.25) is 4.79 Å². The van der Waals surface area contributed by atoms with E-state index in [1.54, 1.807) is 0 Å². The van der Waals surface area contributed by atoms with Gasteiger partial charge in [-0.15, -0.1) is 0 Å². The number of hydrogen-bond acceptors (Lipinski definition) is 4. The molecule has 0 aromatic rings. The first kappa shape index (κ1) is 15.4. The predicted octanol–water partition coefficient (Wildman–Crippen LogP) is -0.136. The summed E-state index contributed by atoms with van der Waals surface area (Å²) in [7, 11) is -3.26. The number of carbonyl (C=O) groups is 1. The van der Waals surface area contributed by atoms with Gasteiger partial charge in [0, 0.05) is 19.3 Å². The molecule has 0 aromatic carbocycles. The molecule has 0 aromatic heterocycles. The highest BCUT2D eigenvalue weighted by atomic mass is 32.2. The van der Waals surface area contributed by atoms with Crippen LogP contribution in [-0.2, 0) is 14.6 Å². The van der Waals surface area contributed by atoms with Crippen LogP contribution in [0.4, 0.5) is 0 Å². The minimum absolute atomic E-state index is 0.191. The molecule has 2 N–H and O–H groups in total. The standard InChI is InChI=1S/C10H22N2O3S/c1-5-12(8-10(2,3)7-11)9(13)6-16(4,14)15/h5-8,11H2,1-4H3. The molecule has 0 unspecified atom stereocenters. The monoisotopic (exact) mass is 250 g/mol. The molecule has 96 valence electrons. The lowest BCUT2D eigenvalue weighted by atomic mass is 9.93. The number of rotatable bonds is 6. The topological polar surface area (TPSA) is 80.5 Å². The summed E-state index contributed by atoms with van der Waals surface area (Å²) in [4.78, 5) is 13.2. The third kappa shape index (κ3) is 6.07. The maximum atomic E-state index is 11.7. The highest BCUT2D eigenvalue weighted by Crippen LogP contribution is 2.15. The largest absolute Gasteiger partial charge is 0.342 e. The molecule has 1 amide bonds. The molecule has 0 aliphatic rings. The van der Waals surface area contributed by atoms with Crippen molar-refractivity contribution >= 4 is 15.7 Å². The van der Waals surface area contributed by atoms with Gasteiger partial charge >= 0.3 is 0 Å². The summed E-state index contributed by atoms with van der Waals surface area (Å²) in [5.74, 6) is -0.784. The van der Waals surface area contributed by atoms with Gasteiger partial charge in [0.15, 0.2) is 9.84 Å². The van der Waals surface area contributed by atoms with Gasteiger partial charge in [0.25, 0.3) is 0 Å². The maximum absolute atomic E-state index is 11.7. The zero-order valence-electron chi connectivity index (χ0n) is 10.5. The highest BCUT2D eigenvalue weighted by molar-refractivity contribution is 7.91. The molecular formula is C10H22N2O3S. The zero-order chi connectivity index (χ0) is 13.0. The Hall–Kier alpha value is -0.620. The number of carbonyl (C=O) groups excluding carboxylic acids is 1. The maximum Gasteiger partial charge on any atom is 0.237 e. The SMILES string of the molecule is CCN(CC(C)(C)CN)C(=O)CS(C)(=O)=O. The normalized spacial score (nSPS) is 12.6. The van der Waals surface area contributed by atoms with Crippen molar-refractivity contribution in [2.45, 2.75) is 20.8 Å². The molecule has 0 radical (unpaired) electrons. The molecule has 0 aliphatic heterocycles. The van der Waals surface area contributed by atoms with Crippen LogP contribution in [0.1, 0.15) is 20.8 Å². The Labute approximate surface area is 97.9 Å². The van der Waals surface area contributed by atoms with Crippen LogP contribution in [0.15, 0.2) is 0 Å². The Balaban J connectivity index is 4.57. The number of amides is 1. The summed E-state index contributed by atoms with van der Waals surface area (Å²) in [5, 5.41) is 0. The van der Waals surface area contributed by atoms with Crippen LogP contribution in [0.3, 0.4) is 0 Å². The zero-order valence-corrected chi connectivity index (χ0v) is 11.3. The molecule has 0 bridgehead atoms. The van der Waals surface area contributed by atoms with E-state index in [0.29, 0.717) is 19.6 Å². The first-order chi connectivity index (χ1) is 7.11. The van der Waals surface area contributed by atoms with Gasteiger partial charge in [-0.25, -0.2) is 8.42 Å². The van der Waals surface area contributed by atoms with Crippen LogP contribution in [0.25, 0.3) is 0 Å². The Morgan fingerprint density at radius 2 is 1.88 bits per heavy atom. The summed E-state index contributed by atoms with van der Waals surface area (Å²) < 4.78 is 22.1. The lowest BCUT2D eigenvalue weighted by molar-refractivity contribution is -0.129. The van der Waals surface area contributed by atoms with Crippen LogP contribution in [-0.4, -0.2) is 50.9 Å². The van der Waals surface area contributed by atoms with E-state index >= 15 is 0 Å². The average Bonchev–Trinajstić information content (AvgIpc) is 2.11. The van der Waals surface area contributed by atoms with Crippen molar-refractivity contribution in [3.63, 3.8) is 0 Å². The quantitative estimate of drug-likeness (QED) is 0.712.